The molecule has 0 heterocycles. The maximum atomic E-state index is 11.6. The summed E-state index contributed by atoms with van der Waals surface area (Å²) < 4.78 is 0. The third-order valence-electron chi connectivity index (χ3n) is 1.72. The van der Waals surface area contributed by atoms with Crippen molar-refractivity contribution in [3.63, 3.8) is 0 Å². The predicted molar refractivity (Wildman–Crippen MR) is 66.4 cm³/mol. The van der Waals surface area contributed by atoms with Crippen LogP contribution in [0, 0.1) is 0 Å². The van der Waals surface area contributed by atoms with Crippen molar-refractivity contribution < 1.29 is 14.4 Å². The summed E-state index contributed by atoms with van der Waals surface area (Å²) in [5.41, 5.74) is 5.03. The molecule has 0 aliphatic rings. The highest BCUT2D eigenvalue weighted by Gasteiger charge is 2.22. The molecule has 0 aliphatic heterocycles. The Morgan fingerprint density at radius 1 is 1.12 bits per heavy atom. The minimum absolute atomic E-state index is 0.0977. The van der Waals surface area contributed by atoms with Crippen LogP contribution in [0.3, 0.4) is 0 Å². The van der Waals surface area contributed by atoms with E-state index >= 15 is 0 Å². The van der Waals surface area contributed by atoms with Crippen molar-refractivity contribution in [1.29, 1.82) is 0 Å². The quantitative estimate of drug-likeness (QED) is 0.371. The summed E-state index contributed by atoms with van der Waals surface area (Å²) in [6.45, 7) is 1.29. The molecule has 6 nitrogen and oxygen atoms in total. The molecule has 0 spiro atoms. The summed E-state index contributed by atoms with van der Waals surface area (Å²) in [6.07, 6.45) is 0. The van der Waals surface area contributed by atoms with Crippen LogP contribution in [0.4, 0.5) is 0 Å². The van der Waals surface area contributed by atoms with E-state index in [4.69, 9.17) is 5.73 Å². The van der Waals surface area contributed by atoms with Gasteiger partial charge in [0.1, 0.15) is 12.1 Å². The van der Waals surface area contributed by atoms with Crippen LogP contribution in [-0.4, -0.2) is 41.3 Å². The molecule has 3 amide bonds. The van der Waals surface area contributed by atoms with Gasteiger partial charge in [-0.2, -0.15) is 25.3 Å². The number of thiol groups is 2. The third kappa shape index (κ3) is 5.26. The molecule has 0 fully saturated rings. The van der Waals surface area contributed by atoms with Crippen LogP contribution in [0.2, 0.25) is 0 Å². The Morgan fingerprint density at radius 2 is 1.62 bits per heavy atom. The normalized spacial score (nSPS) is 13.7. The van der Waals surface area contributed by atoms with Crippen LogP contribution >= 0.6 is 25.3 Å². The summed E-state index contributed by atoms with van der Waals surface area (Å²) >= 11 is 7.80. The molecule has 8 heteroatoms. The van der Waals surface area contributed by atoms with Gasteiger partial charge in [-0.1, -0.05) is 0 Å². The Hall–Kier alpha value is -0.890. The molecular formula is C8H15N3O3S2. The molecule has 0 aromatic heterocycles. The third-order valence-corrected chi connectivity index (χ3v) is 2.45. The monoisotopic (exact) mass is 265 g/mol. The standard InChI is InChI=1S/C8H15N3O3S2/c1-4(12)10-6(3-16)8(14)11-5(2-15)7(9)13/h5-6,15-16H,2-3H2,1H3,(H2,9,13)(H,10,12)(H,11,14)/t5-,6-/m0/s1. The van der Waals surface area contributed by atoms with Gasteiger partial charge in [0.25, 0.3) is 0 Å². The van der Waals surface area contributed by atoms with Gasteiger partial charge in [-0.15, -0.1) is 0 Å². The lowest BCUT2D eigenvalue weighted by Crippen LogP contribution is -2.54. The minimum Gasteiger partial charge on any atom is -0.368 e. The second kappa shape index (κ2) is 7.39. The first-order chi connectivity index (χ1) is 7.42. The number of hydrogen-bond donors (Lipinski definition) is 5. The largest absolute Gasteiger partial charge is 0.368 e. The molecule has 92 valence electrons. The van der Waals surface area contributed by atoms with Gasteiger partial charge in [0.15, 0.2) is 0 Å². The van der Waals surface area contributed by atoms with Gasteiger partial charge in [-0.05, 0) is 0 Å². The SMILES string of the molecule is CC(=O)N[C@@H](CS)C(=O)N[C@@H](CS)C(N)=O. The number of primary amides is 1. The average molecular weight is 265 g/mol. The zero-order chi connectivity index (χ0) is 12.7. The lowest BCUT2D eigenvalue weighted by Gasteiger charge is -2.18. The molecule has 0 saturated heterocycles. The van der Waals surface area contributed by atoms with Crippen LogP contribution in [0.5, 0.6) is 0 Å². The smallest absolute Gasteiger partial charge is 0.244 e. The van der Waals surface area contributed by atoms with Gasteiger partial charge in [0, 0.05) is 18.4 Å². The zero-order valence-corrected chi connectivity index (χ0v) is 10.6. The van der Waals surface area contributed by atoms with Gasteiger partial charge in [-0.3, -0.25) is 14.4 Å². The fourth-order valence-corrected chi connectivity index (χ4v) is 1.45. The maximum Gasteiger partial charge on any atom is 0.244 e. The second-order valence-electron chi connectivity index (χ2n) is 3.08. The van der Waals surface area contributed by atoms with E-state index < -0.39 is 23.9 Å². The van der Waals surface area contributed by atoms with Crippen molar-refractivity contribution >= 4 is 43.0 Å². The van der Waals surface area contributed by atoms with E-state index in [2.05, 4.69) is 35.9 Å². The van der Waals surface area contributed by atoms with Crippen LogP contribution in [0.15, 0.2) is 0 Å². The molecule has 0 bridgehead atoms. The minimum atomic E-state index is -0.855. The molecule has 16 heavy (non-hydrogen) atoms. The summed E-state index contributed by atoms with van der Waals surface area (Å²) in [5.74, 6) is -1.31. The molecule has 4 N–H and O–H groups in total. The topological polar surface area (TPSA) is 101 Å². The van der Waals surface area contributed by atoms with E-state index in [1.807, 2.05) is 0 Å². The first-order valence-corrected chi connectivity index (χ1v) is 5.77. The highest BCUT2D eigenvalue weighted by molar-refractivity contribution is 7.80. The van der Waals surface area contributed by atoms with E-state index in [0.717, 1.165) is 0 Å². The summed E-state index contributed by atoms with van der Waals surface area (Å²) in [6, 6.07) is -1.64. The fourth-order valence-electron chi connectivity index (χ4n) is 0.919. The predicted octanol–water partition coefficient (Wildman–Crippen LogP) is -1.68. The molecule has 0 aromatic rings. The average Bonchev–Trinajstić information content (AvgIpc) is 2.21. The molecule has 0 rings (SSSR count). The van der Waals surface area contributed by atoms with E-state index in [1.54, 1.807) is 0 Å². The number of hydrogen-bond acceptors (Lipinski definition) is 5. The Balaban J connectivity index is 4.40. The van der Waals surface area contributed by atoms with Gasteiger partial charge in [0.05, 0.1) is 0 Å². The fraction of sp³-hybridized carbons (Fsp3) is 0.625. The summed E-state index contributed by atoms with van der Waals surface area (Å²) in [5, 5.41) is 4.76. The van der Waals surface area contributed by atoms with Gasteiger partial charge in [0.2, 0.25) is 17.7 Å². The number of nitrogens with two attached hydrogens (primary N) is 1. The maximum absolute atomic E-state index is 11.6. The van der Waals surface area contributed by atoms with E-state index in [-0.39, 0.29) is 17.4 Å². The summed E-state index contributed by atoms with van der Waals surface area (Å²) in [7, 11) is 0. The Morgan fingerprint density at radius 3 is 1.94 bits per heavy atom. The van der Waals surface area contributed by atoms with Gasteiger partial charge < -0.3 is 16.4 Å². The molecule has 0 unspecified atom stereocenters. The molecule has 0 radical (unpaired) electrons. The first-order valence-electron chi connectivity index (χ1n) is 4.50. The van der Waals surface area contributed by atoms with Crippen LogP contribution in [0.25, 0.3) is 0 Å². The van der Waals surface area contributed by atoms with Crippen molar-refractivity contribution in [2.24, 2.45) is 5.73 Å². The molecular weight excluding hydrogens is 250 g/mol. The highest BCUT2D eigenvalue weighted by atomic mass is 32.1. The van der Waals surface area contributed by atoms with Crippen molar-refractivity contribution in [1.82, 2.24) is 10.6 Å². The Bertz CT molecular complexity index is 286. The molecule has 2 atom stereocenters. The van der Waals surface area contributed by atoms with Crippen molar-refractivity contribution in [3.8, 4) is 0 Å². The lowest BCUT2D eigenvalue weighted by atomic mass is 10.2. The van der Waals surface area contributed by atoms with E-state index in [9.17, 15) is 14.4 Å². The number of nitrogens with one attached hydrogen (secondary N) is 2. The number of rotatable bonds is 6. The number of amides is 3. The van der Waals surface area contributed by atoms with Crippen LogP contribution < -0.4 is 16.4 Å². The molecule has 0 aromatic carbocycles. The Labute approximate surface area is 105 Å². The van der Waals surface area contributed by atoms with E-state index in [0.29, 0.717) is 0 Å². The van der Waals surface area contributed by atoms with Crippen LogP contribution in [-0.2, 0) is 14.4 Å². The second-order valence-corrected chi connectivity index (χ2v) is 3.81. The van der Waals surface area contributed by atoms with Crippen molar-refractivity contribution in [2.75, 3.05) is 11.5 Å². The number of carbonyl (C=O) groups excluding carboxylic acids is 3. The molecule has 0 saturated carbocycles. The summed E-state index contributed by atoms with van der Waals surface area (Å²) in [4.78, 5) is 33.2. The highest BCUT2D eigenvalue weighted by Crippen LogP contribution is 1.93. The van der Waals surface area contributed by atoms with Gasteiger partial charge >= 0.3 is 0 Å². The zero-order valence-electron chi connectivity index (χ0n) is 8.77. The molecule has 0 aliphatic carbocycles. The van der Waals surface area contributed by atoms with Crippen LogP contribution in [0.1, 0.15) is 6.92 Å². The Kier molecular flexibility index (Phi) is 6.98. The van der Waals surface area contributed by atoms with Gasteiger partial charge in [-0.25, -0.2) is 0 Å². The number of carbonyl (C=O) groups is 3. The lowest BCUT2D eigenvalue weighted by molar-refractivity contribution is -0.130. The van der Waals surface area contributed by atoms with Crippen molar-refractivity contribution in [2.45, 2.75) is 19.0 Å². The first kappa shape index (κ1) is 15.1. The van der Waals surface area contributed by atoms with E-state index in [1.165, 1.54) is 6.92 Å². The van der Waals surface area contributed by atoms with Crippen molar-refractivity contribution in [3.05, 3.63) is 0 Å².